The van der Waals surface area contributed by atoms with Crippen LogP contribution in [0.15, 0.2) is 22.8 Å². The summed E-state index contributed by atoms with van der Waals surface area (Å²) in [6.45, 7) is 2.02. The maximum atomic E-state index is 9.17. The first-order valence-electron chi connectivity index (χ1n) is 5.06. The predicted octanol–water partition coefficient (Wildman–Crippen LogP) is 3.38. The van der Waals surface area contributed by atoms with Gasteiger partial charge in [0, 0.05) is 0 Å². The third-order valence-electron chi connectivity index (χ3n) is 2.38. The maximum absolute atomic E-state index is 9.17. The zero-order valence-corrected chi connectivity index (χ0v) is 11.9. The van der Waals surface area contributed by atoms with Crippen LogP contribution in [0.5, 0.6) is 5.75 Å². The van der Waals surface area contributed by atoms with Crippen molar-refractivity contribution in [2.45, 2.75) is 13.5 Å². The highest BCUT2D eigenvalue weighted by molar-refractivity contribution is 9.10. The van der Waals surface area contributed by atoms with E-state index >= 15 is 0 Å². The monoisotopic (exact) mass is 313 g/mol. The average Bonchev–Trinajstić information content (AvgIpc) is 2.70. The Morgan fingerprint density at radius 2 is 2.24 bits per heavy atom. The van der Waals surface area contributed by atoms with Gasteiger partial charge in [0.25, 0.3) is 0 Å². The van der Waals surface area contributed by atoms with Gasteiger partial charge in [0.15, 0.2) is 0 Å². The number of benzene rings is 1. The van der Waals surface area contributed by atoms with Crippen molar-refractivity contribution in [1.29, 1.82) is 0 Å². The van der Waals surface area contributed by atoms with E-state index in [1.165, 1.54) is 11.3 Å². The number of aromatic nitrogens is 1. The van der Waals surface area contributed by atoms with Crippen molar-refractivity contribution in [3.05, 3.63) is 33.2 Å². The lowest BCUT2D eigenvalue weighted by Gasteiger charge is -2.06. The zero-order chi connectivity index (χ0) is 12.4. The Hall–Kier alpha value is -0.910. The normalized spacial score (nSPS) is 10.6. The summed E-state index contributed by atoms with van der Waals surface area (Å²) in [5, 5.41) is 10.0. The number of methoxy groups -OCH3 is 1. The van der Waals surface area contributed by atoms with Gasteiger partial charge < -0.3 is 9.84 Å². The second kappa shape index (κ2) is 5.16. The van der Waals surface area contributed by atoms with E-state index in [0.717, 1.165) is 26.8 Å². The van der Waals surface area contributed by atoms with Crippen LogP contribution in [0.2, 0.25) is 0 Å². The van der Waals surface area contributed by atoms with Gasteiger partial charge in [-0.3, -0.25) is 0 Å². The van der Waals surface area contributed by atoms with Crippen LogP contribution in [0, 0.1) is 6.92 Å². The number of thiazole rings is 1. The molecule has 2 rings (SSSR count). The Labute approximate surface area is 112 Å². The topological polar surface area (TPSA) is 42.4 Å². The largest absolute Gasteiger partial charge is 0.496 e. The highest BCUT2D eigenvalue weighted by atomic mass is 79.9. The molecule has 0 fully saturated rings. The van der Waals surface area contributed by atoms with E-state index in [2.05, 4.69) is 20.9 Å². The summed E-state index contributed by atoms with van der Waals surface area (Å²) in [7, 11) is 1.64. The van der Waals surface area contributed by atoms with E-state index < -0.39 is 0 Å². The van der Waals surface area contributed by atoms with Gasteiger partial charge in [-0.1, -0.05) is 11.6 Å². The van der Waals surface area contributed by atoms with Crippen LogP contribution in [0.3, 0.4) is 0 Å². The molecule has 1 N–H and O–H groups in total. The van der Waals surface area contributed by atoms with Crippen molar-refractivity contribution < 1.29 is 9.84 Å². The molecule has 0 amide bonds. The van der Waals surface area contributed by atoms with Gasteiger partial charge in [-0.2, -0.15) is 0 Å². The Kier molecular flexibility index (Phi) is 3.81. The molecule has 0 aliphatic rings. The number of rotatable bonds is 3. The molecular weight excluding hydrogens is 302 g/mol. The molecule has 1 aromatic heterocycles. The molecule has 3 nitrogen and oxygen atoms in total. The van der Waals surface area contributed by atoms with Crippen molar-refractivity contribution in [3.8, 4) is 16.3 Å². The second-order valence-electron chi connectivity index (χ2n) is 3.59. The van der Waals surface area contributed by atoms with Gasteiger partial charge in [-0.05, 0) is 35.0 Å². The summed E-state index contributed by atoms with van der Waals surface area (Å²) >= 11 is 4.80. The fourth-order valence-corrected chi connectivity index (χ4v) is 3.03. The minimum atomic E-state index is -0.00756. The molecule has 0 spiro atoms. The minimum absolute atomic E-state index is 0.00756. The molecule has 1 aromatic carbocycles. The van der Waals surface area contributed by atoms with Crippen LogP contribution in [-0.2, 0) is 6.61 Å². The highest BCUT2D eigenvalue weighted by Crippen LogP contribution is 2.36. The third kappa shape index (κ3) is 2.51. The highest BCUT2D eigenvalue weighted by Gasteiger charge is 2.13. The van der Waals surface area contributed by atoms with Crippen molar-refractivity contribution in [2.24, 2.45) is 0 Å². The molecule has 1 heterocycles. The molecule has 0 saturated heterocycles. The molecule has 0 saturated carbocycles. The summed E-state index contributed by atoms with van der Waals surface area (Å²) in [5.74, 6) is 0.793. The van der Waals surface area contributed by atoms with Crippen molar-refractivity contribution in [3.63, 3.8) is 0 Å². The van der Waals surface area contributed by atoms with Crippen molar-refractivity contribution in [1.82, 2.24) is 4.98 Å². The first-order valence-corrected chi connectivity index (χ1v) is 6.67. The number of ether oxygens (including phenoxy) is 1. The van der Waals surface area contributed by atoms with Crippen molar-refractivity contribution >= 4 is 27.3 Å². The Bertz CT molecular complexity index is 539. The lowest BCUT2D eigenvalue weighted by molar-refractivity contribution is 0.284. The van der Waals surface area contributed by atoms with Crippen LogP contribution in [0.4, 0.5) is 0 Å². The number of aliphatic hydroxyl groups is 1. The van der Waals surface area contributed by atoms with E-state index in [1.54, 1.807) is 7.11 Å². The number of aryl methyl sites for hydroxylation is 1. The molecule has 0 unspecified atom stereocenters. The molecule has 5 heteroatoms. The van der Waals surface area contributed by atoms with Gasteiger partial charge >= 0.3 is 0 Å². The molecule has 90 valence electrons. The number of aliphatic hydroxyl groups excluding tert-OH is 1. The zero-order valence-electron chi connectivity index (χ0n) is 9.53. The number of hydrogen-bond acceptors (Lipinski definition) is 4. The predicted molar refractivity (Wildman–Crippen MR) is 72.5 cm³/mol. The second-order valence-corrected chi connectivity index (χ2v) is 5.43. The van der Waals surface area contributed by atoms with Gasteiger partial charge in [-0.15, -0.1) is 11.3 Å². The Balaban J connectivity index is 2.54. The summed E-state index contributed by atoms with van der Waals surface area (Å²) in [6.07, 6.45) is 0. The van der Waals surface area contributed by atoms with Gasteiger partial charge in [0.05, 0.1) is 24.2 Å². The standard InChI is InChI=1S/C12H12BrNO2S/c1-7-3-4-9(16-2)8(5-7)12-14-11(13)10(6-15)17-12/h3-5,15H,6H2,1-2H3. The van der Waals surface area contributed by atoms with E-state index in [4.69, 9.17) is 9.84 Å². The first kappa shape index (κ1) is 12.5. The minimum Gasteiger partial charge on any atom is -0.496 e. The lowest BCUT2D eigenvalue weighted by Crippen LogP contribution is -1.88. The van der Waals surface area contributed by atoms with Crippen molar-refractivity contribution in [2.75, 3.05) is 7.11 Å². The third-order valence-corrected chi connectivity index (χ3v) is 4.37. The number of hydrogen-bond donors (Lipinski definition) is 1. The van der Waals surface area contributed by atoms with Crippen LogP contribution < -0.4 is 4.74 Å². The molecule has 0 aliphatic carbocycles. The summed E-state index contributed by atoms with van der Waals surface area (Å²) in [5.41, 5.74) is 2.11. The Morgan fingerprint density at radius 3 is 2.82 bits per heavy atom. The van der Waals surface area contributed by atoms with Crippen LogP contribution in [0.25, 0.3) is 10.6 Å². The van der Waals surface area contributed by atoms with Crippen LogP contribution in [0.1, 0.15) is 10.4 Å². The van der Waals surface area contributed by atoms with Crippen LogP contribution >= 0.6 is 27.3 Å². The quantitative estimate of drug-likeness (QED) is 0.944. The molecule has 0 aliphatic heterocycles. The van der Waals surface area contributed by atoms with Gasteiger partial charge in [-0.25, -0.2) is 4.98 Å². The van der Waals surface area contributed by atoms with E-state index in [1.807, 2.05) is 25.1 Å². The van der Waals surface area contributed by atoms with Crippen LogP contribution in [-0.4, -0.2) is 17.2 Å². The lowest BCUT2D eigenvalue weighted by atomic mass is 10.1. The fraction of sp³-hybridized carbons (Fsp3) is 0.250. The van der Waals surface area contributed by atoms with Gasteiger partial charge in [0.2, 0.25) is 0 Å². The smallest absolute Gasteiger partial charge is 0.129 e. The molecule has 0 bridgehead atoms. The number of halogens is 1. The van der Waals surface area contributed by atoms with Gasteiger partial charge in [0.1, 0.15) is 15.4 Å². The molecule has 2 aromatic rings. The average molecular weight is 314 g/mol. The summed E-state index contributed by atoms with van der Waals surface area (Å²) in [6, 6.07) is 5.96. The van der Waals surface area contributed by atoms with E-state index in [-0.39, 0.29) is 6.61 Å². The maximum Gasteiger partial charge on any atom is 0.129 e. The first-order chi connectivity index (χ1) is 8.15. The van der Waals surface area contributed by atoms with E-state index in [0.29, 0.717) is 4.60 Å². The number of nitrogens with zero attached hydrogens (tertiary/aromatic N) is 1. The molecule has 0 radical (unpaired) electrons. The summed E-state index contributed by atoms with van der Waals surface area (Å²) < 4.78 is 6.02. The molecule has 0 atom stereocenters. The molecular formula is C12H12BrNO2S. The van der Waals surface area contributed by atoms with E-state index in [9.17, 15) is 0 Å². The SMILES string of the molecule is COc1ccc(C)cc1-c1nc(Br)c(CO)s1. The molecule has 17 heavy (non-hydrogen) atoms. The fourth-order valence-electron chi connectivity index (χ4n) is 1.53. The summed E-state index contributed by atoms with van der Waals surface area (Å²) in [4.78, 5) is 5.22. The Morgan fingerprint density at radius 1 is 1.47 bits per heavy atom.